The van der Waals surface area contributed by atoms with Crippen LogP contribution in [0.4, 0.5) is 5.82 Å². The molecule has 0 aliphatic carbocycles. The van der Waals surface area contributed by atoms with Crippen LogP contribution in [0.25, 0.3) is 0 Å². The Morgan fingerprint density at radius 3 is 3.00 bits per heavy atom. The lowest BCUT2D eigenvalue weighted by Gasteiger charge is -2.09. The molecule has 2 heterocycles. The van der Waals surface area contributed by atoms with Crippen molar-refractivity contribution in [2.45, 2.75) is 12.8 Å². The average Bonchev–Trinajstić information content (AvgIpc) is 2.79. The third kappa shape index (κ3) is 1.55. The number of ether oxygens (including phenoxy) is 1. The van der Waals surface area contributed by atoms with Crippen LogP contribution in [0.15, 0.2) is 29.1 Å². The molecule has 92 valence electrons. The van der Waals surface area contributed by atoms with Gasteiger partial charge >= 0.3 is 0 Å². The Bertz CT molecular complexity index is 664. The number of nitrogen functional groups attached to an aromatic ring is 1. The van der Waals surface area contributed by atoms with Gasteiger partial charge in [-0.1, -0.05) is 18.2 Å². The maximum atomic E-state index is 11.7. The number of aromatic amines is 1. The number of benzene rings is 1. The summed E-state index contributed by atoms with van der Waals surface area (Å²) in [5.41, 5.74) is 7.03. The van der Waals surface area contributed by atoms with E-state index in [1.807, 2.05) is 24.3 Å². The van der Waals surface area contributed by atoms with Crippen LogP contribution >= 0.6 is 0 Å². The first kappa shape index (κ1) is 10.8. The summed E-state index contributed by atoms with van der Waals surface area (Å²) in [6, 6.07) is 7.74. The highest BCUT2D eigenvalue weighted by molar-refractivity contribution is 5.44. The van der Waals surface area contributed by atoms with Gasteiger partial charge in [0.2, 0.25) is 0 Å². The predicted octanol–water partition coefficient (Wildman–Crippen LogP) is 1.18. The molecule has 1 aromatic carbocycles. The number of nitrogens with two attached hydrogens (primary N) is 1. The SMILES string of the molecule is Cc1c(N)nc(C2COc3ccccc32)[nH]c1=O. The van der Waals surface area contributed by atoms with Crippen LogP contribution in [0.3, 0.4) is 0 Å². The van der Waals surface area contributed by atoms with Crippen molar-refractivity contribution in [2.75, 3.05) is 12.3 Å². The molecule has 0 amide bonds. The van der Waals surface area contributed by atoms with Crippen molar-refractivity contribution in [1.82, 2.24) is 9.97 Å². The fraction of sp³-hybridized carbons (Fsp3) is 0.231. The van der Waals surface area contributed by atoms with Gasteiger partial charge in [0.1, 0.15) is 24.0 Å². The standard InChI is InChI=1S/C13H13N3O2/c1-7-11(14)15-12(16-13(7)17)9-6-18-10-5-3-2-4-8(9)10/h2-5,9H,6H2,1H3,(H3,14,15,16,17). The van der Waals surface area contributed by atoms with E-state index >= 15 is 0 Å². The van der Waals surface area contributed by atoms with Crippen LogP contribution in [0.2, 0.25) is 0 Å². The lowest BCUT2D eigenvalue weighted by atomic mass is 10.0. The number of rotatable bonds is 1. The molecular weight excluding hydrogens is 230 g/mol. The predicted molar refractivity (Wildman–Crippen MR) is 67.8 cm³/mol. The van der Waals surface area contributed by atoms with Crippen molar-refractivity contribution in [2.24, 2.45) is 0 Å². The van der Waals surface area contributed by atoms with E-state index in [0.717, 1.165) is 11.3 Å². The minimum atomic E-state index is -0.193. The molecule has 0 spiro atoms. The Balaban J connectivity index is 2.11. The van der Waals surface area contributed by atoms with Crippen molar-refractivity contribution < 1.29 is 4.74 Å². The van der Waals surface area contributed by atoms with Crippen LogP contribution in [0, 0.1) is 6.92 Å². The van der Waals surface area contributed by atoms with E-state index < -0.39 is 0 Å². The van der Waals surface area contributed by atoms with E-state index in [2.05, 4.69) is 9.97 Å². The van der Waals surface area contributed by atoms with Gasteiger partial charge in [-0.05, 0) is 13.0 Å². The topological polar surface area (TPSA) is 81.0 Å². The normalized spacial score (nSPS) is 17.3. The number of fused-ring (bicyclic) bond motifs is 1. The molecule has 0 bridgehead atoms. The smallest absolute Gasteiger partial charge is 0.255 e. The third-order valence-electron chi connectivity index (χ3n) is 3.24. The highest BCUT2D eigenvalue weighted by Crippen LogP contribution is 2.36. The molecule has 3 rings (SSSR count). The van der Waals surface area contributed by atoms with Crippen LogP contribution in [-0.2, 0) is 0 Å². The summed E-state index contributed by atoms with van der Waals surface area (Å²) in [5, 5.41) is 0. The molecule has 0 saturated carbocycles. The second kappa shape index (κ2) is 3.87. The highest BCUT2D eigenvalue weighted by Gasteiger charge is 2.27. The first-order chi connectivity index (χ1) is 8.66. The Hall–Kier alpha value is -2.30. The fourth-order valence-electron chi connectivity index (χ4n) is 2.12. The molecule has 5 nitrogen and oxygen atoms in total. The van der Waals surface area contributed by atoms with E-state index in [4.69, 9.17) is 10.5 Å². The molecule has 0 saturated heterocycles. The van der Waals surface area contributed by atoms with Gasteiger partial charge in [0.15, 0.2) is 0 Å². The zero-order valence-corrected chi connectivity index (χ0v) is 9.93. The molecule has 1 unspecified atom stereocenters. The Labute approximate surface area is 104 Å². The molecule has 3 N–H and O–H groups in total. The highest BCUT2D eigenvalue weighted by atomic mass is 16.5. The molecule has 1 aliphatic heterocycles. The van der Waals surface area contributed by atoms with Gasteiger partial charge in [0.05, 0.1) is 11.5 Å². The zero-order valence-electron chi connectivity index (χ0n) is 9.93. The second-order valence-corrected chi connectivity index (χ2v) is 4.36. The Morgan fingerprint density at radius 2 is 2.22 bits per heavy atom. The summed E-state index contributed by atoms with van der Waals surface area (Å²) in [6.45, 7) is 2.13. The lowest BCUT2D eigenvalue weighted by molar-refractivity contribution is 0.339. The minimum absolute atomic E-state index is 0.0585. The monoisotopic (exact) mass is 243 g/mol. The summed E-state index contributed by atoms with van der Waals surface area (Å²) < 4.78 is 5.57. The third-order valence-corrected chi connectivity index (χ3v) is 3.24. The van der Waals surface area contributed by atoms with Gasteiger partial charge in [-0.15, -0.1) is 0 Å². The number of aromatic nitrogens is 2. The van der Waals surface area contributed by atoms with Crippen molar-refractivity contribution in [3.63, 3.8) is 0 Å². The molecule has 0 fully saturated rings. The molecule has 1 aromatic heterocycles. The molecule has 5 heteroatoms. The number of H-pyrrole nitrogens is 1. The summed E-state index contributed by atoms with van der Waals surface area (Å²) in [4.78, 5) is 18.7. The summed E-state index contributed by atoms with van der Waals surface area (Å²) in [6.07, 6.45) is 0. The summed E-state index contributed by atoms with van der Waals surface area (Å²) in [7, 11) is 0. The number of hydrogen-bond acceptors (Lipinski definition) is 4. The minimum Gasteiger partial charge on any atom is -0.492 e. The number of hydrogen-bond donors (Lipinski definition) is 2. The first-order valence-corrected chi connectivity index (χ1v) is 5.75. The molecule has 0 radical (unpaired) electrons. The maximum absolute atomic E-state index is 11.7. The van der Waals surface area contributed by atoms with Gasteiger partial charge in [-0.3, -0.25) is 4.79 Å². The van der Waals surface area contributed by atoms with Crippen molar-refractivity contribution >= 4 is 5.82 Å². The van der Waals surface area contributed by atoms with Gasteiger partial charge in [0, 0.05) is 5.56 Å². The fourth-order valence-corrected chi connectivity index (χ4v) is 2.12. The van der Waals surface area contributed by atoms with Crippen LogP contribution < -0.4 is 16.0 Å². The lowest BCUT2D eigenvalue weighted by Crippen LogP contribution is -2.20. The van der Waals surface area contributed by atoms with Crippen LogP contribution in [0.5, 0.6) is 5.75 Å². The van der Waals surface area contributed by atoms with Gasteiger partial charge in [0.25, 0.3) is 5.56 Å². The van der Waals surface area contributed by atoms with Crippen molar-refractivity contribution in [3.05, 3.63) is 51.6 Å². The van der Waals surface area contributed by atoms with Crippen molar-refractivity contribution in [3.8, 4) is 5.75 Å². The molecular formula is C13H13N3O2. The van der Waals surface area contributed by atoms with Gasteiger partial charge < -0.3 is 15.5 Å². The molecule has 18 heavy (non-hydrogen) atoms. The molecule has 2 aromatic rings. The summed E-state index contributed by atoms with van der Waals surface area (Å²) in [5.74, 6) is 1.62. The van der Waals surface area contributed by atoms with Crippen LogP contribution in [-0.4, -0.2) is 16.6 Å². The number of nitrogens with one attached hydrogen (secondary N) is 1. The first-order valence-electron chi connectivity index (χ1n) is 5.75. The van der Waals surface area contributed by atoms with E-state index in [9.17, 15) is 4.79 Å². The Morgan fingerprint density at radius 1 is 1.44 bits per heavy atom. The molecule has 1 aliphatic rings. The van der Waals surface area contributed by atoms with Crippen molar-refractivity contribution in [1.29, 1.82) is 0 Å². The number of anilines is 1. The Kier molecular flexibility index (Phi) is 2.33. The van der Waals surface area contributed by atoms with E-state index in [0.29, 0.717) is 18.0 Å². The van der Waals surface area contributed by atoms with E-state index in [-0.39, 0.29) is 17.3 Å². The number of nitrogens with zero attached hydrogens (tertiary/aromatic N) is 1. The number of para-hydroxylation sites is 1. The van der Waals surface area contributed by atoms with Crippen LogP contribution in [0.1, 0.15) is 22.9 Å². The second-order valence-electron chi connectivity index (χ2n) is 4.36. The maximum Gasteiger partial charge on any atom is 0.255 e. The largest absolute Gasteiger partial charge is 0.492 e. The quantitative estimate of drug-likeness (QED) is 0.788. The average molecular weight is 243 g/mol. The van der Waals surface area contributed by atoms with E-state index in [1.54, 1.807) is 6.92 Å². The van der Waals surface area contributed by atoms with Gasteiger partial charge in [-0.2, -0.15) is 0 Å². The van der Waals surface area contributed by atoms with E-state index in [1.165, 1.54) is 0 Å². The van der Waals surface area contributed by atoms with Gasteiger partial charge in [-0.25, -0.2) is 4.98 Å². The zero-order chi connectivity index (χ0) is 12.7. The molecule has 1 atom stereocenters. The summed E-state index contributed by atoms with van der Waals surface area (Å²) >= 11 is 0.